The largest absolute Gasteiger partial charge is 0.342 e. The van der Waals surface area contributed by atoms with Gasteiger partial charge in [-0.25, -0.2) is 4.72 Å². The predicted molar refractivity (Wildman–Crippen MR) is 231 cm³/mol. The van der Waals surface area contributed by atoms with Gasteiger partial charge in [0, 0.05) is 42.6 Å². The third-order valence-electron chi connectivity index (χ3n) is 16.1. The van der Waals surface area contributed by atoms with E-state index in [9.17, 15) is 27.6 Å². The second-order valence-corrected chi connectivity index (χ2v) is 22.1. The molecular weight excluding hydrogens is 795 g/mol. The van der Waals surface area contributed by atoms with Gasteiger partial charge in [0.1, 0.15) is 23.7 Å². The maximum atomic E-state index is 15.3. The van der Waals surface area contributed by atoms with Crippen molar-refractivity contribution in [2.24, 2.45) is 33.5 Å². The Balaban J connectivity index is 1.07. The van der Waals surface area contributed by atoms with Gasteiger partial charge in [-0.15, -0.1) is 6.58 Å². The van der Waals surface area contributed by atoms with Crippen LogP contribution in [0, 0.1) is 33.5 Å². The van der Waals surface area contributed by atoms with Crippen LogP contribution in [0.25, 0.3) is 10.9 Å². The molecule has 0 bridgehead atoms. The Morgan fingerprint density at radius 1 is 0.902 bits per heavy atom. The van der Waals surface area contributed by atoms with Gasteiger partial charge in [0.15, 0.2) is 0 Å². The Hall–Kier alpha value is -4.37. The topological polar surface area (TPSA) is 187 Å². The zero-order valence-corrected chi connectivity index (χ0v) is 37.2. The number of para-hydroxylation sites is 1. The smallest absolute Gasteiger partial charge is 0.303 e. The second kappa shape index (κ2) is 15.5. The third kappa shape index (κ3) is 7.15. The number of carbonyl (C=O) groups excluding carboxylic acids is 5. The van der Waals surface area contributed by atoms with E-state index in [0.29, 0.717) is 55.4 Å². The lowest BCUT2D eigenvalue weighted by Crippen LogP contribution is -2.62. The summed E-state index contributed by atoms with van der Waals surface area (Å²) in [7, 11) is -4.12. The van der Waals surface area contributed by atoms with Gasteiger partial charge < -0.3 is 20.9 Å². The first-order chi connectivity index (χ1) is 28.8. The molecule has 4 N–H and O–H groups in total. The van der Waals surface area contributed by atoms with E-state index >= 15 is 4.79 Å². The molecule has 6 fully saturated rings. The van der Waals surface area contributed by atoms with Gasteiger partial charge in [-0.3, -0.25) is 29.0 Å². The van der Waals surface area contributed by atoms with E-state index in [4.69, 9.17) is 0 Å². The molecule has 1 aromatic carbocycles. The number of fused-ring (bicyclic) bond motifs is 2. The maximum absolute atomic E-state index is 15.3. The Morgan fingerprint density at radius 2 is 1.59 bits per heavy atom. The fourth-order valence-electron chi connectivity index (χ4n) is 12.0. The molecule has 1 aromatic heterocycles. The first kappa shape index (κ1) is 43.3. The van der Waals surface area contributed by atoms with Gasteiger partial charge in [-0.05, 0) is 85.7 Å². The highest BCUT2D eigenvalue weighted by molar-refractivity contribution is 7.87. The number of amides is 5. The Kier molecular flexibility index (Phi) is 11.0. The van der Waals surface area contributed by atoms with E-state index < -0.39 is 74.7 Å². The average molecular weight is 858 g/mol. The Bertz CT molecular complexity index is 2230. The summed E-state index contributed by atoms with van der Waals surface area (Å²) < 4.78 is 29.9. The van der Waals surface area contributed by atoms with Crippen molar-refractivity contribution in [2.75, 3.05) is 19.6 Å². The molecule has 8 rings (SSSR count). The van der Waals surface area contributed by atoms with Gasteiger partial charge in [0.2, 0.25) is 17.7 Å². The minimum absolute atomic E-state index is 0.0381. The molecule has 330 valence electrons. The molecule has 5 amide bonds. The molecule has 2 spiro atoms. The number of likely N-dealkylation sites (tertiary alicyclic amines) is 1. The highest BCUT2D eigenvalue weighted by atomic mass is 32.2. The summed E-state index contributed by atoms with van der Waals surface area (Å²) in [6.07, 6.45) is 12.5. The normalized spacial score (nSPS) is 29.0. The fraction of sp³-hybridized carbons (Fsp3) is 0.652. The molecule has 1 unspecified atom stereocenters. The van der Waals surface area contributed by atoms with E-state index in [1.54, 1.807) is 23.2 Å². The van der Waals surface area contributed by atoms with Crippen LogP contribution in [0.5, 0.6) is 0 Å². The van der Waals surface area contributed by atoms with Gasteiger partial charge in [-0.2, -0.15) is 12.7 Å². The van der Waals surface area contributed by atoms with Crippen molar-refractivity contribution in [1.29, 1.82) is 0 Å². The van der Waals surface area contributed by atoms with Gasteiger partial charge in [0.05, 0.1) is 11.1 Å². The molecule has 4 aliphatic carbocycles. The number of aromatic nitrogens is 1. The molecule has 61 heavy (non-hydrogen) atoms. The number of pyridine rings is 1. The van der Waals surface area contributed by atoms with Crippen molar-refractivity contribution in [3.63, 3.8) is 0 Å². The first-order valence-corrected chi connectivity index (χ1v) is 23.8. The van der Waals surface area contributed by atoms with Crippen molar-refractivity contribution in [1.82, 2.24) is 34.9 Å². The predicted octanol–water partition coefficient (Wildman–Crippen LogP) is 4.76. The van der Waals surface area contributed by atoms with Crippen LogP contribution >= 0.6 is 0 Å². The van der Waals surface area contributed by atoms with Gasteiger partial charge in [-0.1, -0.05) is 84.6 Å². The maximum Gasteiger partial charge on any atom is 0.303 e. The molecule has 4 saturated carbocycles. The lowest BCUT2D eigenvalue weighted by atomic mass is 9.73. The van der Waals surface area contributed by atoms with Crippen molar-refractivity contribution < 1.29 is 32.4 Å². The average Bonchev–Trinajstić information content (AvgIpc) is 3.67. The van der Waals surface area contributed by atoms with E-state index in [1.165, 1.54) is 4.31 Å². The summed E-state index contributed by atoms with van der Waals surface area (Å²) in [6.45, 7) is 14.9. The number of rotatable bonds is 12. The number of hydrogen-bond acceptors (Lipinski definition) is 8. The van der Waals surface area contributed by atoms with E-state index in [-0.39, 0.29) is 28.6 Å². The zero-order valence-electron chi connectivity index (χ0n) is 36.3. The van der Waals surface area contributed by atoms with Crippen molar-refractivity contribution >= 4 is 50.6 Å². The Labute approximate surface area is 360 Å². The molecule has 2 aliphatic heterocycles. The number of nitrogens with one attached hydrogen (secondary N) is 4. The zero-order chi connectivity index (χ0) is 43.8. The van der Waals surface area contributed by atoms with E-state index in [0.717, 1.165) is 51.4 Å². The number of nitrogens with zero attached hydrogens (tertiary/aromatic N) is 3. The van der Waals surface area contributed by atoms with Crippen LogP contribution in [0.15, 0.2) is 49.2 Å². The molecule has 15 heteroatoms. The molecule has 14 nitrogen and oxygen atoms in total. The molecule has 2 aromatic rings. The number of carbonyl (C=O) groups is 5. The summed E-state index contributed by atoms with van der Waals surface area (Å²) >= 11 is 0. The number of hydrogen-bond donors (Lipinski definition) is 4. The molecule has 2 saturated heterocycles. The number of benzene rings is 1. The van der Waals surface area contributed by atoms with Crippen LogP contribution in [0.1, 0.15) is 122 Å². The molecule has 3 heterocycles. The van der Waals surface area contributed by atoms with E-state index in [1.807, 2.05) is 45.0 Å². The summed E-state index contributed by atoms with van der Waals surface area (Å²) in [5.41, 5.74) is -1.83. The van der Waals surface area contributed by atoms with Crippen molar-refractivity contribution in [3.8, 4) is 0 Å². The van der Waals surface area contributed by atoms with E-state index in [2.05, 4.69) is 46.1 Å². The second-order valence-electron chi connectivity index (χ2n) is 20.4. The molecule has 0 radical (unpaired) electrons. The highest BCUT2D eigenvalue weighted by Gasteiger charge is 2.85. The molecular formula is C46H63N7O7S. The van der Waals surface area contributed by atoms with Crippen LogP contribution in [0.3, 0.4) is 0 Å². The van der Waals surface area contributed by atoms with Crippen LogP contribution < -0.4 is 20.7 Å². The van der Waals surface area contributed by atoms with Crippen LogP contribution in [0.2, 0.25) is 0 Å². The molecule has 6 atom stereocenters. The lowest BCUT2D eigenvalue weighted by Gasteiger charge is -2.38. The summed E-state index contributed by atoms with van der Waals surface area (Å²) in [6, 6.07) is 6.05. The first-order valence-electron chi connectivity index (χ1n) is 22.3. The minimum atomic E-state index is -4.12. The van der Waals surface area contributed by atoms with Gasteiger partial charge >= 0.3 is 10.2 Å². The molecule has 6 aliphatic rings. The van der Waals surface area contributed by atoms with Crippen LogP contribution in [-0.2, 0) is 29.4 Å². The summed E-state index contributed by atoms with van der Waals surface area (Å²) in [5, 5.41) is 9.81. The SMILES string of the molecule is C=C[C@@H]1C[C@]1(NC(=O)[C@@H]1C[C@@]2(CN1C(=O)[C@@H](NC(=O)C(NC(=O)c1ccnc3ccccc13)C1CCCCC1)C(C)(C)C)C(C)(C)C21CCC1)C(=O)NS(=O)(=O)N1CCCC1. The lowest BCUT2D eigenvalue weighted by molar-refractivity contribution is -0.145. The Morgan fingerprint density at radius 3 is 2.20 bits per heavy atom. The quantitative estimate of drug-likeness (QED) is 0.220. The standard InChI is InChI=1S/C46H63N7O7S/c1-7-30-26-46(30,41(58)51-61(59,60)52-24-13-14-25-52)50-38(55)34-27-45(43(5,6)44(45)21-15-22-44)28-53(34)40(57)36(42(2,3)4)49-39(56)35(29-16-9-8-10-17-29)48-37(54)32-20-23-47-33-19-12-11-18-31(32)33/h7,11-12,18-20,23,29-30,34-36H,1,8-10,13-17,21-22,24-28H2,2-6H3,(H,48,54)(H,49,56)(H,50,55)(H,51,58)/t30-,34+,35?,36-,45-,46-/m1/s1. The minimum Gasteiger partial charge on any atom is -0.342 e. The fourth-order valence-corrected chi connectivity index (χ4v) is 13.3. The van der Waals surface area contributed by atoms with Crippen LogP contribution in [-0.4, -0.2) is 95.4 Å². The third-order valence-corrected chi connectivity index (χ3v) is 17.5. The van der Waals surface area contributed by atoms with Gasteiger partial charge in [0.25, 0.3) is 11.8 Å². The summed E-state index contributed by atoms with van der Waals surface area (Å²) in [4.78, 5) is 78.8. The van der Waals surface area contributed by atoms with Crippen LogP contribution in [0.4, 0.5) is 0 Å². The monoisotopic (exact) mass is 857 g/mol. The van der Waals surface area contributed by atoms with Crippen molar-refractivity contribution in [2.45, 2.75) is 135 Å². The summed E-state index contributed by atoms with van der Waals surface area (Å²) in [5.74, 6) is -3.25. The van der Waals surface area contributed by atoms with Crippen molar-refractivity contribution in [3.05, 3.63) is 54.7 Å². The highest BCUT2D eigenvalue weighted by Crippen LogP contribution is 2.88.